The van der Waals surface area contributed by atoms with Crippen molar-refractivity contribution >= 4 is 29.2 Å². The second-order valence-electron chi connectivity index (χ2n) is 7.11. The maximum Gasteiger partial charge on any atom is 0.339 e. The molecule has 3 aromatic carbocycles. The Labute approximate surface area is 182 Å². The number of carbonyl (C=O) groups excluding carboxylic acids is 2. The zero-order chi connectivity index (χ0) is 22.2. The number of methoxy groups -OCH3 is 1. The van der Waals surface area contributed by atoms with Crippen molar-refractivity contribution in [3.8, 4) is 5.75 Å². The number of carbonyl (C=O) groups is 2. The molecule has 0 spiro atoms. The van der Waals surface area contributed by atoms with Gasteiger partial charge in [0.15, 0.2) is 6.61 Å². The van der Waals surface area contributed by atoms with Crippen LogP contribution in [0.25, 0.3) is 11.6 Å². The van der Waals surface area contributed by atoms with E-state index in [9.17, 15) is 9.59 Å². The first kappa shape index (κ1) is 21.8. The first-order valence-electron chi connectivity index (χ1n) is 9.92. The van der Waals surface area contributed by atoms with E-state index in [0.29, 0.717) is 22.6 Å². The van der Waals surface area contributed by atoms with Gasteiger partial charge in [0.05, 0.1) is 12.7 Å². The summed E-state index contributed by atoms with van der Waals surface area (Å²) in [5, 5.41) is 2.78. The highest BCUT2D eigenvalue weighted by molar-refractivity contribution is 6.22. The Morgan fingerprint density at radius 3 is 2.35 bits per heavy atom. The van der Waals surface area contributed by atoms with Crippen LogP contribution in [0.3, 0.4) is 0 Å². The molecular weight excluding hydrogens is 390 g/mol. The summed E-state index contributed by atoms with van der Waals surface area (Å²) in [6, 6.07) is 22.3. The van der Waals surface area contributed by atoms with Crippen LogP contribution in [0.2, 0.25) is 0 Å². The number of para-hydroxylation sites is 1. The Morgan fingerprint density at radius 2 is 1.65 bits per heavy atom. The minimum Gasteiger partial charge on any atom is -0.496 e. The van der Waals surface area contributed by atoms with E-state index in [1.54, 1.807) is 13.2 Å². The van der Waals surface area contributed by atoms with Gasteiger partial charge in [-0.25, -0.2) is 4.79 Å². The summed E-state index contributed by atoms with van der Waals surface area (Å²) in [6.45, 7) is 3.51. The summed E-state index contributed by atoms with van der Waals surface area (Å²) in [5.74, 6) is -0.353. The molecule has 0 radical (unpaired) electrons. The van der Waals surface area contributed by atoms with Gasteiger partial charge >= 0.3 is 5.97 Å². The lowest BCUT2D eigenvalue weighted by atomic mass is 10.0. The van der Waals surface area contributed by atoms with E-state index in [1.165, 1.54) is 0 Å². The molecule has 0 bridgehead atoms. The summed E-state index contributed by atoms with van der Waals surface area (Å²) in [4.78, 5) is 25.2. The van der Waals surface area contributed by atoms with Gasteiger partial charge in [0, 0.05) is 11.3 Å². The number of ether oxygens (including phenoxy) is 2. The van der Waals surface area contributed by atoms with E-state index in [4.69, 9.17) is 9.47 Å². The predicted molar refractivity (Wildman–Crippen MR) is 123 cm³/mol. The fourth-order valence-electron chi connectivity index (χ4n) is 3.17. The first-order valence-corrected chi connectivity index (χ1v) is 9.92. The lowest BCUT2D eigenvalue weighted by Crippen LogP contribution is -2.21. The van der Waals surface area contributed by atoms with Gasteiger partial charge in [-0.15, -0.1) is 0 Å². The third-order valence-electron chi connectivity index (χ3n) is 4.73. The van der Waals surface area contributed by atoms with Gasteiger partial charge in [-0.3, -0.25) is 4.79 Å². The van der Waals surface area contributed by atoms with Crippen molar-refractivity contribution in [1.82, 2.24) is 0 Å². The molecule has 0 fully saturated rings. The molecule has 0 aliphatic carbocycles. The maximum absolute atomic E-state index is 12.9. The summed E-state index contributed by atoms with van der Waals surface area (Å²) >= 11 is 0. The molecule has 0 saturated heterocycles. The van der Waals surface area contributed by atoms with Crippen molar-refractivity contribution in [3.05, 3.63) is 95.1 Å². The smallest absolute Gasteiger partial charge is 0.339 e. The zero-order valence-corrected chi connectivity index (χ0v) is 17.8. The molecule has 3 aromatic rings. The van der Waals surface area contributed by atoms with Crippen molar-refractivity contribution in [2.75, 3.05) is 19.0 Å². The van der Waals surface area contributed by atoms with Crippen LogP contribution in [0.15, 0.2) is 72.8 Å². The van der Waals surface area contributed by atoms with Gasteiger partial charge in [0.2, 0.25) is 0 Å². The van der Waals surface area contributed by atoms with Gasteiger partial charge in [0.1, 0.15) is 5.75 Å². The van der Waals surface area contributed by atoms with Crippen molar-refractivity contribution in [2.24, 2.45) is 0 Å². The molecule has 0 unspecified atom stereocenters. The van der Waals surface area contributed by atoms with Crippen LogP contribution in [0.1, 0.15) is 22.3 Å². The number of esters is 1. The Bertz CT molecular complexity index is 1100. The number of nitrogens with one attached hydrogen (secondary N) is 1. The van der Waals surface area contributed by atoms with E-state index in [0.717, 1.165) is 16.7 Å². The van der Waals surface area contributed by atoms with Crippen molar-refractivity contribution in [3.63, 3.8) is 0 Å². The van der Waals surface area contributed by atoms with Crippen LogP contribution in [-0.2, 0) is 14.3 Å². The third kappa shape index (κ3) is 5.82. The summed E-state index contributed by atoms with van der Waals surface area (Å²) < 4.78 is 10.7. The summed E-state index contributed by atoms with van der Waals surface area (Å²) in [7, 11) is 1.57. The molecule has 0 heterocycles. The molecule has 0 aliphatic heterocycles. The number of hydrogen-bond donors (Lipinski definition) is 1. The van der Waals surface area contributed by atoms with E-state index in [1.807, 2.05) is 86.6 Å². The van der Waals surface area contributed by atoms with Gasteiger partial charge in [-0.2, -0.15) is 0 Å². The van der Waals surface area contributed by atoms with Crippen LogP contribution in [0.5, 0.6) is 5.75 Å². The summed E-state index contributed by atoms with van der Waals surface area (Å²) in [5.41, 5.74) is 4.51. The average molecular weight is 415 g/mol. The zero-order valence-electron chi connectivity index (χ0n) is 17.8. The molecule has 0 atom stereocenters. The topological polar surface area (TPSA) is 64.6 Å². The second-order valence-corrected chi connectivity index (χ2v) is 7.11. The molecule has 0 aliphatic rings. The SMILES string of the molecule is COc1ccccc1/C=C(/C(=O)OCC(=O)Nc1ccc(C)cc1C)c1ccccc1. The number of hydrogen-bond acceptors (Lipinski definition) is 4. The summed E-state index contributed by atoms with van der Waals surface area (Å²) in [6.07, 6.45) is 1.71. The van der Waals surface area contributed by atoms with Gasteiger partial charge in [0.25, 0.3) is 5.91 Å². The van der Waals surface area contributed by atoms with Gasteiger partial charge in [-0.05, 0) is 43.2 Å². The van der Waals surface area contributed by atoms with Gasteiger partial charge < -0.3 is 14.8 Å². The number of aryl methyl sites for hydroxylation is 2. The molecule has 31 heavy (non-hydrogen) atoms. The van der Waals surface area contributed by atoms with E-state index in [2.05, 4.69) is 5.32 Å². The van der Waals surface area contributed by atoms with Crippen LogP contribution in [0, 0.1) is 13.8 Å². The molecule has 158 valence electrons. The third-order valence-corrected chi connectivity index (χ3v) is 4.73. The number of anilines is 1. The molecule has 0 saturated carbocycles. The molecule has 1 N–H and O–H groups in total. The molecule has 5 nitrogen and oxygen atoms in total. The number of rotatable bonds is 7. The average Bonchev–Trinajstić information content (AvgIpc) is 2.78. The quantitative estimate of drug-likeness (QED) is 0.334. The Kier molecular flexibility index (Phi) is 7.22. The van der Waals surface area contributed by atoms with Crippen LogP contribution in [-0.4, -0.2) is 25.6 Å². The monoisotopic (exact) mass is 415 g/mol. The normalized spacial score (nSPS) is 11.0. The van der Waals surface area contributed by atoms with Crippen LogP contribution >= 0.6 is 0 Å². The highest BCUT2D eigenvalue weighted by Crippen LogP contribution is 2.25. The largest absolute Gasteiger partial charge is 0.496 e. The Hall–Kier alpha value is -3.86. The molecular formula is C26H25NO4. The van der Waals surface area contributed by atoms with E-state index < -0.39 is 11.9 Å². The fourth-order valence-corrected chi connectivity index (χ4v) is 3.17. The van der Waals surface area contributed by atoms with Gasteiger partial charge in [-0.1, -0.05) is 66.2 Å². The number of benzene rings is 3. The lowest BCUT2D eigenvalue weighted by Gasteiger charge is -2.12. The first-order chi connectivity index (χ1) is 15.0. The van der Waals surface area contributed by atoms with Crippen molar-refractivity contribution in [1.29, 1.82) is 0 Å². The molecule has 3 rings (SSSR count). The van der Waals surface area contributed by atoms with E-state index >= 15 is 0 Å². The second kappa shape index (κ2) is 10.3. The molecule has 0 aromatic heterocycles. The van der Waals surface area contributed by atoms with E-state index in [-0.39, 0.29) is 6.61 Å². The number of amides is 1. The van der Waals surface area contributed by atoms with Crippen LogP contribution < -0.4 is 10.1 Å². The highest BCUT2D eigenvalue weighted by Gasteiger charge is 2.17. The Balaban J connectivity index is 1.77. The maximum atomic E-state index is 12.9. The minimum absolute atomic E-state index is 0.337. The van der Waals surface area contributed by atoms with Crippen molar-refractivity contribution < 1.29 is 19.1 Å². The molecule has 5 heteroatoms. The van der Waals surface area contributed by atoms with Crippen molar-refractivity contribution in [2.45, 2.75) is 13.8 Å². The minimum atomic E-state index is -0.590. The Morgan fingerprint density at radius 1 is 0.935 bits per heavy atom. The lowest BCUT2D eigenvalue weighted by molar-refractivity contribution is -0.141. The fraction of sp³-hybridized carbons (Fsp3) is 0.154. The molecule has 1 amide bonds. The standard InChI is InChI=1S/C26H25NO4/c1-18-13-14-23(19(2)15-18)27-25(28)17-31-26(29)22(20-9-5-4-6-10-20)16-21-11-7-8-12-24(21)30-3/h4-16H,17H2,1-3H3,(H,27,28)/b22-16+. The predicted octanol–water partition coefficient (Wildman–Crippen LogP) is 5.03. The highest BCUT2D eigenvalue weighted by atomic mass is 16.5. The van der Waals surface area contributed by atoms with Crippen LogP contribution in [0.4, 0.5) is 5.69 Å².